The monoisotopic (exact) mass is 171 g/mol. The van der Waals surface area contributed by atoms with Gasteiger partial charge in [-0.15, -0.1) is 0 Å². The maximum Gasteiger partial charge on any atom is 0.335 e. The maximum absolute atomic E-state index is 11.0. The van der Waals surface area contributed by atoms with Gasteiger partial charge in [-0.05, 0) is 19.8 Å². The van der Waals surface area contributed by atoms with Crippen LogP contribution in [0.25, 0.3) is 0 Å². The van der Waals surface area contributed by atoms with Crippen LogP contribution < -0.4 is 5.73 Å². The van der Waals surface area contributed by atoms with Gasteiger partial charge in [-0.3, -0.25) is 0 Å². The summed E-state index contributed by atoms with van der Waals surface area (Å²) in [4.78, 5) is 11.0. The number of carbonyl (C=O) groups is 1. The Kier molecular flexibility index (Phi) is 5.17. The van der Waals surface area contributed by atoms with Gasteiger partial charge in [0.05, 0.1) is 12.7 Å². The summed E-state index contributed by atoms with van der Waals surface area (Å²) in [7, 11) is 1.36. The van der Waals surface area contributed by atoms with Gasteiger partial charge in [0.15, 0.2) is 0 Å². The molecule has 0 saturated heterocycles. The van der Waals surface area contributed by atoms with Crippen LogP contribution in [0.5, 0.6) is 0 Å². The Bertz CT molecular complexity index is 185. The van der Waals surface area contributed by atoms with Crippen LogP contribution in [0.1, 0.15) is 33.1 Å². The van der Waals surface area contributed by atoms with E-state index in [9.17, 15) is 4.79 Å². The third kappa shape index (κ3) is 3.42. The van der Waals surface area contributed by atoms with E-state index in [2.05, 4.69) is 11.7 Å². The molecule has 0 amide bonds. The molecule has 0 aliphatic carbocycles. The summed E-state index contributed by atoms with van der Waals surface area (Å²) in [6.45, 7) is 3.78. The van der Waals surface area contributed by atoms with E-state index in [1.54, 1.807) is 6.92 Å². The lowest BCUT2D eigenvalue weighted by Gasteiger charge is -2.04. The molecule has 0 aromatic rings. The number of methoxy groups -OCH3 is 1. The average molecular weight is 171 g/mol. The fraction of sp³-hybridized carbons (Fsp3) is 0.667. The Morgan fingerprint density at radius 2 is 2.08 bits per heavy atom. The zero-order chi connectivity index (χ0) is 9.56. The lowest BCUT2D eigenvalue weighted by molar-refractivity contribution is -0.136. The maximum atomic E-state index is 11.0. The number of unbranched alkanes of at least 4 members (excludes halogenated alkanes) is 1. The molecule has 0 fully saturated rings. The SMILES string of the molecule is CCCCC(N)=C(C)C(=O)OC. The Morgan fingerprint density at radius 1 is 1.50 bits per heavy atom. The van der Waals surface area contributed by atoms with Crippen molar-refractivity contribution in [3.05, 3.63) is 11.3 Å². The minimum atomic E-state index is -0.330. The van der Waals surface area contributed by atoms with Crippen molar-refractivity contribution in [2.24, 2.45) is 5.73 Å². The first-order valence-corrected chi connectivity index (χ1v) is 4.17. The Hall–Kier alpha value is -0.990. The van der Waals surface area contributed by atoms with E-state index in [0.717, 1.165) is 19.3 Å². The number of hydrogen-bond acceptors (Lipinski definition) is 3. The van der Waals surface area contributed by atoms with Crippen LogP contribution in [0.3, 0.4) is 0 Å². The lowest BCUT2D eigenvalue weighted by Crippen LogP contribution is -2.10. The van der Waals surface area contributed by atoms with Crippen molar-refractivity contribution >= 4 is 5.97 Å². The van der Waals surface area contributed by atoms with Gasteiger partial charge in [0, 0.05) is 5.70 Å². The molecular formula is C9H17NO2. The van der Waals surface area contributed by atoms with Crippen molar-refractivity contribution in [3.8, 4) is 0 Å². The van der Waals surface area contributed by atoms with E-state index in [0.29, 0.717) is 11.3 Å². The van der Waals surface area contributed by atoms with Crippen LogP contribution in [-0.2, 0) is 9.53 Å². The van der Waals surface area contributed by atoms with Gasteiger partial charge in [0.2, 0.25) is 0 Å². The van der Waals surface area contributed by atoms with E-state index < -0.39 is 0 Å². The van der Waals surface area contributed by atoms with Crippen LogP contribution in [0, 0.1) is 0 Å². The number of nitrogens with two attached hydrogens (primary N) is 1. The molecular weight excluding hydrogens is 154 g/mol. The molecule has 3 heteroatoms. The molecule has 0 bridgehead atoms. The molecule has 0 aromatic carbocycles. The highest BCUT2D eigenvalue weighted by atomic mass is 16.5. The zero-order valence-electron chi connectivity index (χ0n) is 8.02. The lowest BCUT2D eigenvalue weighted by atomic mass is 10.1. The van der Waals surface area contributed by atoms with Crippen LogP contribution in [0.15, 0.2) is 11.3 Å². The van der Waals surface area contributed by atoms with Crippen molar-refractivity contribution in [1.82, 2.24) is 0 Å². The molecule has 0 radical (unpaired) electrons. The first-order chi connectivity index (χ1) is 5.63. The van der Waals surface area contributed by atoms with Gasteiger partial charge < -0.3 is 10.5 Å². The highest BCUT2D eigenvalue weighted by molar-refractivity contribution is 5.88. The van der Waals surface area contributed by atoms with Crippen LogP contribution >= 0.6 is 0 Å². The Labute approximate surface area is 73.6 Å². The summed E-state index contributed by atoms with van der Waals surface area (Å²) in [6, 6.07) is 0. The molecule has 70 valence electrons. The third-order valence-corrected chi connectivity index (χ3v) is 1.77. The predicted molar refractivity (Wildman–Crippen MR) is 48.4 cm³/mol. The van der Waals surface area contributed by atoms with Crippen LogP contribution in [-0.4, -0.2) is 13.1 Å². The number of hydrogen-bond donors (Lipinski definition) is 1. The highest BCUT2D eigenvalue weighted by Gasteiger charge is 2.07. The van der Waals surface area contributed by atoms with Crippen molar-refractivity contribution < 1.29 is 9.53 Å². The molecule has 12 heavy (non-hydrogen) atoms. The smallest absolute Gasteiger partial charge is 0.335 e. The van der Waals surface area contributed by atoms with E-state index in [4.69, 9.17) is 5.73 Å². The van der Waals surface area contributed by atoms with Gasteiger partial charge >= 0.3 is 5.97 Å². The first-order valence-electron chi connectivity index (χ1n) is 4.17. The Balaban J connectivity index is 4.15. The predicted octanol–water partition coefficient (Wildman–Crippen LogP) is 1.58. The number of esters is 1. The standard InChI is InChI=1S/C9H17NO2/c1-4-5-6-8(10)7(2)9(11)12-3/h4-6,10H2,1-3H3. The van der Waals surface area contributed by atoms with Crippen molar-refractivity contribution in [2.45, 2.75) is 33.1 Å². The molecule has 0 aliphatic rings. The average Bonchev–Trinajstić information content (AvgIpc) is 2.11. The zero-order valence-corrected chi connectivity index (χ0v) is 8.02. The van der Waals surface area contributed by atoms with Gasteiger partial charge in [0.25, 0.3) is 0 Å². The van der Waals surface area contributed by atoms with Crippen molar-refractivity contribution in [1.29, 1.82) is 0 Å². The van der Waals surface area contributed by atoms with Gasteiger partial charge in [-0.1, -0.05) is 13.3 Å². The molecule has 0 saturated carbocycles. The summed E-state index contributed by atoms with van der Waals surface area (Å²) in [5.41, 5.74) is 6.83. The number of ether oxygens (including phenoxy) is 1. The minimum absolute atomic E-state index is 0.330. The molecule has 0 aromatic heterocycles. The summed E-state index contributed by atoms with van der Waals surface area (Å²) >= 11 is 0. The molecule has 0 spiro atoms. The fourth-order valence-electron chi connectivity index (χ4n) is 0.839. The molecule has 2 N–H and O–H groups in total. The number of allylic oxidation sites excluding steroid dienone is 1. The summed E-state index contributed by atoms with van der Waals surface area (Å²) in [5, 5.41) is 0. The summed E-state index contributed by atoms with van der Waals surface area (Å²) < 4.78 is 4.54. The second kappa shape index (κ2) is 5.63. The van der Waals surface area contributed by atoms with Crippen LogP contribution in [0.2, 0.25) is 0 Å². The van der Waals surface area contributed by atoms with E-state index in [1.165, 1.54) is 7.11 Å². The largest absolute Gasteiger partial charge is 0.466 e. The number of rotatable bonds is 4. The first kappa shape index (κ1) is 11.0. The quantitative estimate of drug-likeness (QED) is 0.516. The highest BCUT2D eigenvalue weighted by Crippen LogP contribution is 2.07. The van der Waals surface area contributed by atoms with Crippen molar-refractivity contribution in [2.75, 3.05) is 7.11 Å². The third-order valence-electron chi connectivity index (χ3n) is 1.77. The van der Waals surface area contributed by atoms with Gasteiger partial charge in [-0.25, -0.2) is 4.79 Å². The molecule has 0 unspecified atom stereocenters. The van der Waals surface area contributed by atoms with E-state index in [1.807, 2.05) is 0 Å². The van der Waals surface area contributed by atoms with Crippen LogP contribution in [0.4, 0.5) is 0 Å². The molecule has 0 aliphatic heterocycles. The minimum Gasteiger partial charge on any atom is -0.466 e. The second-order valence-electron chi connectivity index (χ2n) is 2.75. The summed E-state index contributed by atoms with van der Waals surface area (Å²) in [5.74, 6) is -0.330. The molecule has 0 rings (SSSR count). The molecule has 3 nitrogen and oxygen atoms in total. The summed E-state index contributed by atoms with van der Waals surface area (Å²) in [6.07, 6.45) is 2.87. The van der Waals surface area contributed by atoms with Gasteiger partial charge in [-0.2, -0.15) is 0 Å². The van der Waals surface area contributed by atoms with E-state index >= 15 is 0 Å². The normalized spacial score (nSPS) is 12.2. The van der Waals surface area contributed by atoms with Gasteiger partial charge in [0.1, 0.15) is 0 Å². The Morgan fingerprint density at radius 3 is 2.50 bits per heavy atom. The van der Waals surface area contributed by atoms with Crippen molar-refractivity contribution in [3.63, 3.8) is 0 Å². The number of carbonyl (C=O) groups excluding carboxylic acids is 1. The topological polar surface area (TPSA) is 52.3 Å². The van der Waals surface area contributed by atoms with E-state index in [-0.39, 0.29) is 5.97 Å². The second-order valence-corrected chi connectivity index (χ2v) is 2.75. The molecule has 0 atom stereocenters. The fourth-order valence-corrected chi connectivity index (χ4v) is 0.839. The molecule has 0 heterocycles.